The molecule has 27 heavy (non-hydrogen) atoms. The Morgan fingerprint density at radius 3 is 2.33 bits per heavy atom. The lowest BCUT2D eigenvalue weighted by Crippen LogP contribution is -2.14. The minimum absolute atomic E-state index is 0.211. The molecule has 2 aromatic carbocycles. The summed E-state index contributed by atoms with van der Waals surface area (Å²) < 4.78 is 4.66. The smallest absolute Gasteiger partial charge is 0.337 e. The van der Waals surface area contributed by atoms with Crippen molar-refractivity contribution in [1.82, 2.24) is 10.2 Å². The van der Waals surface area contributed by atoms with Gasteiger partial charge in [0.25, 0.3) is 5.91 Å². The van der Waals surface area contributed by atoms with E-state index in [4.69, 9.17) is 0 Å². The third-order valence-electron chi connectivity index (χ3n) is 3.75. The maximum atomic E-state index is 12.2. The molecule has 0 atom stereocenters. The summed E-state index contributed by atoms with van der Waals surface area (Å²) in [6.07, 6.45) is 0. The second-order valence-electron chi connectivity index (χ2n) is 5.82. The van der Waals surface area contributed by atoms with Crippen molar-refractivity contribution < 1.29 is 14.3 Å². The zero-order valence-electron chi connectivity index (χ0n) is 14.9. The van der Waals surface area contributed by atoms with Crippen LogP contribution in [0.15, 0.2) is 60.7 Å². The molecule has 136 valence electrons. The van der Waals surface area contributed by atoms with Gasteiger partial charge in [0.05, 0.1) is 12.7 Å². The van der Waals surface area contributed by atoms with Crippen LogP contribution in [-0.4, -0.2) is 29.2 Å². The van der Waals surface area contributed by atoms with Crippen molar-refractivity contribution in [3.05, 3.63) is 77.5 Å². The number of benzene rings is 2. The molecular weight excluding hydrogens is 344 g/mol. The number of aromatic nitrogens is 2. The SMILES string of the molecule is COC(=O)c1ccc(Nc2ccc(C(=O)Nc3cccc(C)c3)nn2)cc1. The summed E-state index contributed by atoms with van der Waals surface area (Å²) in [4.78, 5) is 23.7. The van der Waals surface area contributed by atoms with Gasteiger partial charge >= 0.3 is 5.97 Å². The molecule has 0 bridgehead atoms. The first-order chi connectivity index (χ1) is 13.0. The van der Waals surface area contributed by atoms with Gasteiger partial charge in [0, 0.05) is 11.4 Å². The summed E-state index contributed by atoms with van der Waals surface area (Å²) in [5.41, 5.74) is 3.15. The predicted octanol–water partition coefficient (Wildman–Crippen LogP) is 3.57. The number of nitrogens with zero attached hydrogens (tertiary/aromatic N) is 2. The highest BCUT2D eigenvalue weighted by molar-refractivity contribution is 6.02. The molecule has 0 aliphatic rings. The number of anilines is 3. The molecule has 0 radical (unpaired) electrons. The Balaban J connectivity index is 1.64. The number of nitrogens with one attached hydrogen (secondary N) is 2. The van der Waals surface area contributed by atoms with Crippen molar-refractivity contribution in [2.24, 2.45) is 0 Å². The lowest BCUT2D eigenvalue weighted by molar-refractivity contribution is 0.0600. The van der Waals surface area contributed by atoms with Gasteiger partial charge in [-0.05, 0) is 61.0 Å². The van der Waals surface area contributed by atoms with Gasteiger partial charge in [-0.25, -0.2) is 4.79 Å². The normalized spacial score (nSPS) is 10.1. The number of methoxy groups -OCH3 is 1. The molecule has 0 fully saturated rings. The second-order valence-corrected chi connectivity index (χ2v) is 5.82. The molecule has 1 aromatic heterocycles. The number of ether oxygens (including phenoxy) is 1. The topological polar surface area (TPSA) is 93.2 Å². The molecule has 7 nitrogen and oxygen atoms in total. The van der Waals surface area contributed by atoms with E-state index < -0.39 is 5.97 Å². The van der Waals surface area contributed by atoms with E-state index >= 15 is 0 Å². The number of rotatable bonds is 5. The number of aryl methyl sites for hydroxylation is 1. The van der Waals surface area contributed by atoms with Crippen LogP contribution < -0.4 is 10.6 Å². The molecule has 1 amide bonds. The Labute approximate surface area is 156 Å². The number of carbonyl (C=O) groups excluding carboxylic acids is 2. The van der Waals surface area contributed by atoms with E-state index in [0.717, 1.165) is 11.3 Å². The minimum Gasteiger partial charge on any atom is -0.465 e. The molecule has 0 aliphatic carbocycles. The van der Waals surface area contributed by atoms with Crippen molar-refractivity contribution >= 4 is 29.1 Å². The van der Waals surface area contributed by atoms with E-state index in [1.54, 1.807) is 36.4 Å². The summed E-state index contributed by atoms with van der Waals surface area (Å²) in [6, 6.07) is 17.5. The first-order valence-electron chi connectivity index (χ1n) is 8.22. The third kappa shape index (κ3) is 4.66. The van der Waals surface area contributed by atoms with Crippen molar-refractivity contribution in [2.45, 2.75) is 6.92 Å². The van der Waals surface area contributed by atoms with Gasteiger partial charge in [0.15, 0.2) is 11.5 Å². The number of hydrogen-bond acceptors (Lipinski definition) is 6. The molecule has 0 spiro atoms. The molecule has 1 heterocycles. The molecule has 2 N–H and O–H groups in total. The first kappa shape index (κ1) is 18.1. The lowest BCUT2D eigenvalue weighted by atomic mass is 10.2. The van der Waals surface area contributed by atoms with Gasteiger partial charge < -0.3 is 15.4 Å². The quantitative estimate of drug-likeness (QED) is 0.674. The van der Waals surface area contributed by atoms with Crippen LogP contribution in [0.25, 0.3) is 0 Å². The second kappa shape index (κ2) is 8.09. The third-order valence-corrected chi connectivity index (χ3v) is 3.75. The lowest BCUT2D eigenvalue weighted by Gasteiger charge is -2.07. The molecule has 0 unspecified atom stereocenters. The summed E-state index contributed by atoms with van der Waals surface area (Å²) in [5, 5.41) is 13.8. The summed E-state index contributed by atoms with van der Waals surface area (Å²) in [6.45, 7) is 1.95. The summed E-state index contributed by atoms with van der Waals surface area (Å²) >= 11 is 0. The van der Waals surface area contributed by atoms with Gasteiger partial charge in [0.1, 0.15) is 0 Å². The maximum Gasteiger partial charge on any atom is 0.337 e. The van der Waals surface area contributed by atoms with Crippen molar-refractivity contribution in [2.75, 3.05) is 17.7 Å². The average Bonchev–Trinajstić information content (AvgIpc) is 2.68. The average molecular weight is 362 g/mol. The molecule has 7 heteroatoms. The Bertz CT molecular complexity index is 954. The largest absolute Gasteiger partial charge is 0.465 e. The van der Waals surface area contributed by atoms with Gasteiger partial charge in [0.2, 0.25) is 0 Å². The van der Waals surface area contributed by atoms with E-state index in [1.165, 1.54) is 7.11 Å². The monoisotopic (exact) mass is 362 g/mol. The van der Waals surface area contributed by atoms with Crippen LogP contribution in [-0.2, 0) is 4.74 Å². The number of esters is 1. The van der Waals surface area contributed by atoms with Crippen LogP contribution >= 0.6 is 0 Å². The highest BCUT2D eigenvalue weighted by Crippen LogP contribution is 2.16. The van der Waals surface area contributed by atoms with Gasteiger partial charge in [-0.2, -0.15) is 0 Å². The fraction of sp³-hybridized carbons (Fsp3) is 0.100. The zero-order chi connectivity index (χ0) is 19.2. The van der Waals surface area contributed by atoms with E-state index in [-0.39, 0.29) is 11.6 Å². The Morgan fingerprint density at radius 1 is 0.926 bits per heavy atom. The molecule has 3 rings (SSSR count). The molecular formula is C20H18N4O3. The Morgan fingerprint density at radius 2 is 1.70 bits per heavy atom. The fourth-order valence-electron chi connectivity index (χ4n) is 2.39. The highest BCUT2D eigenvalue weighted by Gasteiger charge is 2.09. The van der Waals surface area contributed by atoms with Crippen LogP contribution in [0.5, 0.6) is 0 Å². The van der Waals surface area contributed by atoms with Crippen molar-refractivity contribution in [1.29, 1.82) is 0 Å². The standard InChI is InChI=1S/C20H18N4O3/c1-13-4-3-5-16(12-13)22-19(25)17-10-11-18(24-23-17)21-15-8-6-14(7-9-15)20(26)27-2/h3-12H,1-2H3,(H,21,24)(H,22,25). The molecule has 0 saturated carbocycles. The minimum atomic E-state index is -0.398. The Kier molecular flexibility index (Phi) is 5.41. The van der Waals surface area contributed by atoms with E-state index in [0.29, 0.717) is 17.1 Å². The Hall–Kier alpha value is -3.74. The molecule has 3 aromatic rings. The van der Waals surface area contributed by atoms with Crippen molar-refractivity contribution in [3.63, 3.8) is 0 Å². The van der Waals surface area contributed by atoms with Crippen LogP contribution in [0, 0.1) is 6.92 Å². The summed E-state index contributed by atoms with van der Waals surface area (Å²) in [7, 11) is 1.33. The van der Waals surface area contributed by atoms with Crippen LogP contribution in [0.3, 0.4) is 0 Å². The highest BCUT2D eigenvalue weighted by atomic mass is 16.5. The fourth-order valence-corrected chi connectivity index (χ4v) is 2.39. The van der Waals surface area contributed by atoms with E-state index in [2.05, 4.69) is 25.6 Å². The van der Waals surface area contributed by atoms with Crippen molar-refractivity contribution in [3.8, 4) is 0 Å². The van der Waals surface area contributed by atoms with Crippen LogP contribution in [0.4, 0.5) is 17.2 Å². The zero-order valence-corrected chi connectivity index (χ0v) is 14.9. The number of amides is 1. The number of hydrogen-bond donors (Lipinski definition) is 2. The van der Waals surface area contributed by atoms with E-state index in [9.17, 15) is 9.59 Å². The van der Waals surface area contributed by atoms with Crippen LogP contribution in [0.2, 0.25) is 0 Å². The molecule has 0 aliphatic heterocycles. The van der Waals surface area contributed by atoms with Crippen LogP contribution in [0.1, 0.15) is 26.4 Å². The van der Waals surface area contributed by atoms with Gasteiger partial charge in [-0.15, -0.1) is 10.2 Å². The van der Waals surface area contributed by atoms with Gasteiger partial charge in [-0.3, -0.25) is 4.79 Å². The van der Waals surface area contributed by atoms with Gasteiger partial charge in [-0.1, -0.05) is 12.1 Å². The predicted molar refractivity (Wildman–Crippen MR) is 102 cm³/mol. The maximum absolute atomic E-state index is 12.2. The first-order valence-corrected chi connectivity index (χ1v) is 8.22. The summed E-state index contributed by atoms with van der Waals surface area (Å²) in [5.74, 6) is -0.250. The number of carbonyl (C=O) groups is 2. The molecule has 0 saturated heterocycles. The van der Waals surface area contributed by atoms with E-state index in [1.807, 2.05) is 31.2 Å².